The van der Waals surface area contributed by atoms with E-state index in [1.165, 1.54) is 12.1 Å². The number of pyridine rings is 1. The number of hydrogen-bond acceptors (Lipinski definition) is 5. The van der Waals surface area contributed by atoms with Crippen molar-refractivity contribution in [2.75, 3.05) is 4.90 Å². The zero-order valence-electron chi connectivity index (χ0n) is 20.9. The highest BCUT2D eigenvalue weighted by Crippen LogP contribution is 2.44. The van der Waals surface area contributed by atoms with Gasteiger partial charge in [-0.15, -0.1) is 0 Å². The fourth-order valence-electron chi connectivity index (χ4n) is 4.72. The number of halogens is 1. The molecule has 2 N–H and O–H groups in total. The lowest BCUT2D eigenvalue weighted by molar-refractivity contribution is 0.0697. The van der Waals surface area contributed by atoms with Gasteiger partial charge in [0.1, 0.15) is 29.1 Å². The fraction of sp³-hybridized carbons (Fsp3) is 0.0645. The first-order valence-electron chi connectivity index (χ1n) is 12.4. The zero-order chi connectivity index (χ0) is 27.6. The summed E-state index contributed by atoms with van der Waals surface area (Å²) in [7, 11) is 0. The lowest BCUT2D eigenvalue weighted by atomic mass is 10.0. The van der Waals surface area contributed by atoms with E-state index >= 15 is 0 Å². The van der Waals surface area contributed by atoms with E-state index in [2.05, 4.69) is 10.3 Å². The Hall–Kier alpha value is -4.66. The summed E-state index contributed by atoms with van der Waals surface area (Å²) < 4.78 is 12.3. The molecular formula is C31H22ClN3O4S. The van der Waals surface area contributed by atoms with Gasteiger partial charge in [-0.1, -0.05) is 35.9 Å². The molecule has 6 rings (SSSR count). The van der Waals surface area contributed by atoms with Crippen LogP contribution in [-0.2, 0) is 0 Å². The number of ether oxygens (including phenoxy) is 1. The van der Waals surface area contributed by atoms with Crippen LogP contribution in [0.2, 0.25) is 5.02 Å². The smallest absolute Gasteiger partial charge is 0.335 e. The van der Waals surface area contributed by atoms with Gasteiger partial charge in [-0.3, -0.25) is 4.98 Å². The van der Waals surface area contributed by atoms with Crippen molar-refractivity contribution in [3.05, 3.63) is 131 Å². The van der Waals surface area contributed by atoms with Gasteiger partial charge in [-0.25, -0.2) is 4.79 Å². The molecule has 0 saturated carbocycles. The number of carbonyl (C=O) groups is 1. The first-order valence-corrected chi connectivity index (χ1v) is 13.2. The van der Waals surface area contributed by atoms with Crippen LogP contribution in [0.4, 0.5) is 5.69 Å². The molecule has 0 amide bonds. The number of para-hydroxylation sites is 1. The number of furan rings is 1. The number of aromatic carboxylic acids is 1. The summed E-state index contributed by atoms with van der Waals surface area (Å²) in [6.45, 7) is 0. The fourth-order valence-corrected chi connectivity index (χ4v) is 5.28. The summed E-state index contributed by atoms with van der Waals surface area (Å²) in [5.41, 5.74) is 2.24. The van der Waals surface area contributed by atoms with Crippen LogP contribution in [0.3, 0.4) is 0 Å². The summed E-state index contributed by atoms with van der Waals surface area (Å²) in [6.07, 6.45) is 1.74. The number of aromatic nitrogens is 1. The molecular weight excluding hydrogens is 546 g/mol. The molecule has 9 heteroatoms. The van der Waals surface area contributed by atoms with Gasteiger partial charge >= 0.3 is 5.97 Å². The van der Waals surface area contributed by atoms with Crippen molar-refractivity contribution in [2.24, 2.45) is 0 Å². The van der Waals surface area contributed by atoms with E-state index < -0.39 is 12.0 Å². The van der Waals surface area contributed by atoms with Crippen LogP contribution in [0.15, 0.2) is 114 Å². The van der Waals surface area contributed by atoms with Gasteiger partial charge in [0, 0.05) is 17.4 Å². The van der Waals surface area contributed by atoms with Crippen LogP contribution in [0.1, 0.15) is 33.9 Å². The van der Waals surface area contributed by atoms with Crippen molar-refractivity contribution in [1.82, 2.24) is 10.3 Å². The summed E-state index contributed by atoms with van der Waals surface area (Å²) in [4.78, 5) is 18.1. The van der Waals surface area contributed by atoms with E-state index in [9.17, 15) is 9.90 Å². The molecule has 7 nitrogen and oxygen atoms in total. The quantitative estimate of drug-likeness (QED) is 0.194. The molecule has 0 aliphatic carbocycles. The topological polar surface area (TPSA) is 87.8 Å². The average Bonchev–Trinajstić information content (AvgIpc) is 3.59. The Morgan fingerprint density at radius 3 is 2.42 bits per heavy atom. The van der Waals surface area contributed by atoms with E-state index in [0.717, 1.165) is 17.1 Å². The van der Waals surface area contributed by atoms with Crippen LogP contribution in [0, 0.1) is 0 Å². The van der Waals surface area contributed by atoms with E-state index in [0.29, 0.717) is 33.0 Å². The van der Waals surface area contributed by atoms with Crippen molar-refractivity contribution < 1.29 is 19.1 Å². The molecule has 2 atom stereocenters. The van der Waals surface area contributed by atoms with E-state index in [4.69, 9.17) is 33.0 Å². The molecule has 1 saturated heterocycles. The molecule has 3 heterocycles. The van der Waals surface area contributed by atoms with Crippen molar-refractivity contribution in [3.8, 4) is 22.8 Å². The molecule has 5 aromatic rings. The first-order chi connectivity index (χ1) is 19.5. The van der Waals surface area contributed by atoms with Gasteiger partial charge in [0.15, 0.2) is 5.11 Å². The number of hydrogen-bond donors (Lipinski definition) is 2. The third kappa shape index (κ3) is 5.02. The molecule has 3 aromatic carbocycles. The van der Waals surface area contributed by atoms with Crippen molar-refractivity contribution in [1.29, 1.82) is 0 Å². The highest BCUT2D eigenvalue weighted by Gasteiger charge is 2.42. The minimum absolute atomic E-state index is 0.117. The number of carboxylic acids is 1. The summed E-state index contributed by atoms with van der Waals surface area (Å²) in [6, 6.07) is 30.4. The second-order valence-electron chi connectivity index (χ2n) is 9.11. The van der Waals surface area contributed by atoms with Gasteiger partial charge < -0.3 is 24.5 Å². The Kier molecular flexibility index (Phi) is 6.94. The number of rotatable bonds is 7. The van der Waals surface area contributed by atoms with Gasteiger partial charge in [-0.2, -0.15) is 0 Å². The average molecular weight is 568 g/mol. The highest BCUT2D eigenvalue weighted by atomic mass is 35.5. The number of nitrogens with zero attached hydrogens (tertiary/aromatic N) is 2. The number of carboxylic acid groups (broad SMARTS) is 1. The lowest BCUT2D eigenvalue weighted by Crippen LogP contribution is -2.29. The van der Waals surface area contributed by atoms with Gasteiger partial charge in [0.05, 0.1) is 22.3 Å². The molecule has 1 fully saturated rings. The second-order valence-corrected chi connectivity index (χ2v) is 9.90. The molecule has 40 heavy (non-hydrogen) atoms. The summed E-state index contributed by atoms with van der Waals surface area (Å²) in [5, 5.41) is 13.8. The van der Waals surface area contributed by atoms with Crippen LogP contribution < -0.4 is 15.0 Å². The molecule has 0 radical (unpaired) electrons. The standard InChI is InChI=1S/C31H22ClN3O4S/c32-24-14-9-19(30(36)37)18-23(24)26-15-16-27(39-26)29-28(25-8-4-5-17-33-25)34-31(40)35(29)20-10-12-22(13-11-20)38-21-6-2-1-3-7-21/h1-18,28-29H,(H,34,40)(H,36,37)/t28-,29+/m0/s1. The maximum absolute atomic E-state index is 11.6. The highest BCUT2D eigenvalue weighted by molar-refractivity contribution is 7.80. The van der Waals surface area contributed by atoms with Gasteiger partial charge in [-0.05, 0) is 91.1 Å². The zero-order valence-corrected chi connectivity index (χ0v) is 22.5. The Balaban J connectivity index is 1.38. The van der Waals surface area contributed by atoms with Crippen molar-refractivity contribution in [3.63, 3.8) is 0 Å². The molecule has 198 valence electrons. The minimum atomic E-state index is -1.05. The molecule has 1 aliphatic heterocycles. The van der Waals surface area contributed by atoms with Crippen LogP contribution in [-0.4, -0.2) is 21.2 Å². The molecule has 0 spiro atoms. The van der Waals surface area contributed by atoms with E-state index in [-0.39, 0.29) is 11.6 Å². The third-order valence-corrected chi connectivity index (χ3v) is 7.23. The van der Waals surface area contributed by atoms with Gasteiger partial charge in [0.2, 0.25) is 0 Å². The summed E-state index contributed by atoms with van der Waals surface area (Å²) in [5.74, 6) is 1.46. The van der Waals surface area contributed by atoms with Crippen LogP contribution in [0.25, 0.3) is 11.3 Å². The number of nitrogens with one attached hydrogen (secondary N) is 1. The number of benzene rings is 3. The Morgan fingerprint density at radius 2 is 1.70 bits per heavy atom. The SMILES string of the molecule is O=C(O)c1ccc(Cl)c(-c2ccc([C@@H]3[C@H](c4ccccn4)NC(=S)N3c3ccc(Oc4ccccc4)cc3)o2)c1. The van der Waals surface area contributed by atoms with E-state index in [1.807, 2.05) is 83.8 Å². The Bertz CT molecular complexity index is 1680. The third-order valence-electron chi connectivity index (χ3n) is 6.59. The van der Waals surface area contributed by atoms with Crippen molar-refractivity contribution in [2.45, 2.75) is 12.1 Å². The molecule has 0 bridgehead atoms. The first kappa shape index (κ1) is 25.6. The van der Waals surface area contributed by atoms with Crippen molar-refractivity contribution >= 4 is 40.6 Å². The predicted octanol–water partition coefficient (Wildman–Crippen LogP) is 7.66. The normalized spacial score (nSPS) is 16.5. The summed E-state index contributed by atoms with van der Waals surface area (Å²) >= 11 is 12.2. The molecule has 2 aromatic heterocycles. The van der Waals surface area contributed by atoms with Gasteiger partial charge in [0.25, 0.3) is 0 Å². The van der Waals surface area contributed by atoms with Crippen LogP contribution in [0.5, 0.6) is 11.5 Å². The second kappa shape index (κ2) is 10.8. The van der Waals surface area contributed by atoms with Crippen LogP contribution >= 0.6 is 23.8 Å². The molecule has 0 unspecified atom stereocenters. The Labute approximate surface area is 240 Å². The maximum atomic E-state index is 11.6. The number of anilines is 1. The minimum Gasteiger partial charge on any atom is -0.478 e. The largest absolute Gasteiger partial charge is 0.478 e. The van der Waals surface area contributed by atoms with E-state index in [1.54, 1.807) is 18.3 Å². The lowest BCUT2D eigenvalue weighted by Gasteiger charge is -2.26. The molecule has 1 aliphatic rings. The number of thiocarbonyl (C=S) groups is 1. The predicted molar refractivity (Wildman–Crippen MR) is 157 cm³/mol. The monoisotopic (exact) mass is 567 g/mol. The Morgan fingerprint density at radius 1 is 0.950 bits per heavy atom. The maximum Gasteiger partial charge on any atom is 0.335 e.